The van der Waals surface area contributed by atoms with Gasteiger partial charge in [-0.25, -0.2) is 4.90 Å². The van der Waals surface area contributed by atoms with Crippen molar-refractivity contribution in [1.82, 2.24) is 4.98 Å². The monoisotopic (exact) mass is 607 g/mol. The number of aromatic amines is 1. The van der Waals surface area contributed by atoms with Crippen molar-refractivity contribution in [3.8, 4) is 5.75 Å². The van der Waals surface area contributed by atoms with Crippen LogP contribution in [0.4, 0.5) is 11.4 Å². The summed E-state index contributed by atoms with van der Waals surface area (Å²) >= 11 is 2.26. The van der Waals surface area contributed by atoms with Gasteiger partial charge in [0.25, 0.3) is 5.91 Å². The topological polar surface area (TPSA) is 109 Å². The third kappa shape index (κ3) is 4.82. The number of nitrogens with zero attached hydrogens (tertiary/aromatic N) is 1. The molecule has 3 amide bonds. The quantitative estimate of drug-likeness (QED) is 0.240. The van der Waals surface area contributed by atoms with Crippen LogP contribution in [0, 0.1) is 12.8 Å². The van der Waals surface area contributed by atoms with Crippen molar-refractivity contribution in [2.45, 2.75) is 23.1 Å². The van der Waals surface area contributed by atoms with Crippen LogP contribution < -0.4 is 19.8 Å². The maximum Gasteiger partial charge on any atom is 0.305 e. The molecule has 1 fully saturated rings. The number of benzene rings is 4. The van der Waals surface area contributed by atoms with E-state index in [-0.39, 0.29) is 29.2 Å². The lowest BCUT2D eigenvalue weighted by Crippen LogP contribution is -2.32. The van der Waals surface area contributed by atoms with Gasteiger partial charge in [-0.15, -0.1) is 0 Å². The summed E-state index contributed by atoms with van der Waals surface area (Å²) in [4.78, 5) is 57.8. The van der Waals surface area contributed by atoms with Crippen LogP contribution >= 0.6 is 23.1 Å². The van der Waals surface area contributed by atoms with Gasteiger partial charge in [-0.1, -0.05) is 95.4 Å². The number of fused-ring (bicyclic) bond motifs is 3. The Morgan fingerprint density at radius 2 is 1.65 bits per heavy atom. The van der Waals surface area contributed by atoms with Crippen LogP contribution in [-0.4, -0.2) is 34.6 Å². The third-order valence-electron chi connectivity index (χ3n) is 7.79. The summed E-state index contributed by atoms with van der Waals surface area (Å²) in [6, 6.07) is 27.9. The van der Waals surface area contributed by atoms with E-state index >= 15 is 0 Å². The van der Waals surface area contributed by atoms with Gasteiger partial charge in [0.1, 0.15) is 11.0 Å². The van der Waals surface area contributed by atoms with Crippen LogP contribution in [0.3, 0.4) is 0 Å². The maximum atomic E-state index is 14.0. The molecule has 1 aromatic heterocycles. The molecular weight excluding hydrogens is 583 g/mol. The zero-order chi connectivity index (χ0) is 29.7. The molecule has 43 heavy (non-hydrogen) atoms. The van der Waals surface area contributed by atoms with Crippen molar-refractivity contribution >= 4 is 63.0 Å². The van der Waals surface area contributed by atoms with E-state index in [0.717, 1.165) is 27.7 Å². The Bertz CT molecular complexity index is 1960. The van der Waals surface area contributed by atoms with E-state index in [9.17, 15) is 19.2 Å². The van der Waals surface area contributed by atoms with Crippen molar-refractivity contribution in [2.75, 3.05) is 16.8 Å². The maximum absolute atomic E-state index is 14.0. The van der Waals surface area contributed by atoms with E-state index in [1.54, 1.807) is 24.3 Å². The minimum Gasteiger partial charge on any atom is -0.483 e. The number of para-hydroxylation sites is 1. The van der Waals surface area contributed by atoms with Crippen LogP contribution in [0.25, 0.3) is 10.8 Å². The van der Waals surface area contributed by atoms with E-state index in [0.29, 0.717) is 32.6 Å². The molecule has 3 heterocycles. The SMILES string of the molecule is Cc1ccc(N2C(=O)C3Sc4[nH]c(=O)sc4[C@H](c4ccccc4OCC(=O)Nc4cccc5ccccc45)C3C2=O)cc1. The largest absolute Gasteiger partial charge is 0.483 e. The van der Waals surface area contributed by atoms with Crippen molar-refractivity contribution < 1.29 is 19.1 Å². The zero-order valence-electron chi connectivity index (χ0n) is 22.9. The van der Waals surface area contributed by atoms with Gasteiger partial charge in [0.05, 0.1) is 16.6 Å². The average molecular weight is 608 g/mol. The van der Waals surface area contributed by atoms with Crippen LogP contribution in [-0.2, 0) is 14.4 Å². The fraction of sp³-hybridized carbons (Fsp3) is 0.152. The average Bonchev–Trinajstić information content (AvgIpc) is 3.51. The molecule has 0 spiro atoms. The Balaban J connectivity index is 1.21. The highest BCUT2D eigenvalue weighted by atomic mass is 32.2. The Labute approximate surface area is 254 Å². The van der Waals surface area contributed by atoms with Gasteiger partial charge in [0.15, 0.2) is 6.61 Å². The molecule has 2 N–H and O–H groups in total. The van der Waals surface area contributed by atoms with Gasteiger partial charge < -0.3 is 15.0 Å². The number of nitrogens with one attached hydrogen (secondary N) is 2. The van der Waals surface area contributed by atoms with Crippen molar-refractivity contribution in [3.63, 3.8) is 0 Å². The minimum absolute atomic E-state index is 0.259. The Hall–Kier alpha value is -4.67. The van der Waals surface area contributed by atoms with Crippen molar-refractivity contribution in [1.29, 1.82) is 0 Å². The van der Waals surface area contributed by atoms with Gasteiger partial charge >= 0.3 is 4.87 Å². The highest BCUT2D eigenvalue weighted by molar-refractivity contribution is 8.00. The summed E-state index contributed by atoms with van der Waals surface area (Å²) in [6.07, 6.45) is 0. The summed E-state index contributed by atoms with van der Waals surface area (Å²) in [5.74, 6) is -1.95. The van der Waals surface area contributed by atoms with Crippen molar-refractivity contribution in [3.05, 3.63) is 117 Å². The molecule has 10 heteroatoms. The zero-order valence-corrected chi connectivity index (χ0v) is 24.5. The molecule has 5 aromatic rings. The number of anilines is 2. The van der Waals surface area contributed by atoms with Crippen LogP contribution in [0.15, 0.2) is 101 Å². The Kier molecular flexibility index (Phi) is 6.87. The first kappa shape index (κ1) is 27.2. The number of amides is 3. The minimum atomic E-state index is -0.757. The molecular formula is C33H25N3O5S2. The first-order valence-corrected chi connectivity index (χ1v) is 15.4. The number of hydrogen-bond donors (Lipinski definition) is 2. The smallest absolute Gasteiger partial charge is 0.305 e. The number of thioether (sulfide) groups is 1. The number of H-pyrrole nitrogens is 1. The summed E-state index contributed by atoms with van der Waals surface area (Å²) in [7, 11) is 0. The standard InChI is InChI=1S/C33H25N3O5S2/c1-18-13-15-20(16-14-18)36-31(38)27-26(28-30(35-33(40)43-28)42-29(27)32(36)39)22-10-4-5-12-24(22)41-17-25(37)34-23-11-6-8-19-7-2-3-9-21(19)23/h2-16,26-27,29H,17H2,1H3,(H,34,37)(H,35,40)/t26-,27?,29?/m1/s1. The summed E-state index contributed by atoms with van der Waals surface area (Å²) in [5.41, 5.74) is 2.85. The van der Waals surface area contributed by atoms with Gasteiger partial charge in [0.2, 0.25) is 11.8 Å². The van der Waals surface area contributed by atoms with E-state index < -0.39 is 17.1 Å². The van der Waals surface area contributed by atoms with E-state index in [1.165, 1.54) is 16.7 Å². The number of carbonyl (C=O) groups is 3. The normalized spacial score (nSPS) is 19.3. The number of ether oxygens (including phenoxy) is 1. The predicted molar refractivity (Wildman–Crippen MR) is 168 cm³/mol. The summed E-state index contributed by atoms with van der Waals surface area (Å²) in [5, 5.41) is 4.72. The summed E-state index contributed by atoms with van der Waals surface area (Å²) in [6.45, 7) is 1.67. The molecule has 3 atom stereocenters. The highest BCUT2D eigenvalue weighted by Crippen LogP contribution is 2.54. The predicted octanol–water partition coefficient (Wildman–Crippen LogP) is 5.71. The molecule has 2 unspecified atom stereocenters. The molecule has 2 aliphatic heterocycles. The fourth-order valence-electron chi connectivity index (χ4n) is 5.83. The lowest BCUT2D eigenvalue weighted by atomic mass is 9.82. The molecule has 7 rings (SSSR count). The number of thiazole rings is 1. The van der Waals surface area contributed by atoms with E-state index in [4.69, 9.17) is 4.74 Å². The highest BCUT2D eigenvalue weighted by Gasteiger charge is 2.56. The van der Waals surface area contributed by atoms with Crippen molar-refractivity contribution in [2.24, 2.45) is 5.92 Å². The molecule has 214 valence electrons. The molecule has 0 aliphatic carbocycles. The number of carbonyl (C=O) groups excluding carboxylic acids is 3. The number of rotatable bonds is 6. The van der Waals surface area contributed by atoms with Gasteiger partial charge in [-0.3, -0.25) is 19.2 Å². The Morgan fingerprint density at radius 1 is 0.907 bits per heavy atom. The second-order valence-electron chi connectivity index (χ2n) is 10.5. The molecule has 0 bridgehead atoms. The molecule has 4 aromatic carbocycles. The van der Waals surface area contributed by atoms with Gasteiger partial charge in [-0.2, -0.15) is 0 Å². The lowest BCUT2D eigenvalue weighted by molar-refractivity contribution is -0.122. The number of aryl methyl sites for hydroxylation is 1. The van der Waals surface area contributed by atoms with Crippen LogP contribution in [0.5, 0.6) is 5.75 Å². The molecule has 2 aliphatic rings. The molecule has 0 radical (unpaired) electrons. The number of imide groups is 1. The molecule has 0 saturated carbocycles. The van der Waals surface area contributed by atoms with Crippen LogP contribution in [0.2, 0.25) is 0 Å². The molecule has 8 nitrogen and oxygen atoms in total. The second-order valence-corrected chi connectivity index (χ2v) is 12.7. The van der Waals surface area contributed by atoms with Gasteiger partial charge in [-0.05, 0) is 36.6 Å². The van der Waals surface area contributed by atoms with Gasteiger partial charge in [0, 0.05) is 27.4 Å². The van der Waals surface area contributed by atoms with E-state index in [2.05, 4.69) is 10.3 Å². The Morgan fingerprint density at radius 3 is 2.49 bits per heavy atom. The van der Waals surface area contributed by atoms with E-state index in [1.807, 2.05) is 73.7 Å². The van der Waals surface area contributed by atoms with Crippen LogP contribution in [0.1, 0.15) is 21.9 Å². The molecule has 1 saturated heterocycles. The summed E-state index contributed by atoms with van der Waals surface area (Å²) < 4.78 is 6.08. The first-order chi connectivity index (χ1) is 20.9. The number of aromatic nitrogens is 1. The second kappa shape index (κ2) is 10.9. The lowest BCUT2D eigenvalue weighted by Gasteiger charge is -2.30. The third-order valence-corrected chi connectivity index (χ3v) is 10.2. The fourth-order valence-corrected chi connectivity index (χ4v) is 8.34. The first-order valence-electron chi connectivity index (χ1n) is 13.7. The number of hydrogen-bond acceptors (Lipinski definition) is 7.